The van der Waals surface area contributed by atoms with Crippen molar-refractivity contribution in [1.82, 2.24) is 0 Å². The highest BCUT2D eigenvalue weighted by Gasteiger charge is 2.82. The van der Waals surface area contributed by atoms with E-state index in [1.54, 1.807) is 0 Å². The van der Waals surface area contributed by atoms with Gasteiger partial charge in [0.2, 0.25) is 0 Å². The molecular formula is C24H34O4. The highest BCUT2D eigenvalue weighted by molar-refractivity contribution is 5.73. The normalized spacial score (nSPS) is 68.4. The predicted molar refractivity (Wildman–Crippen MR) is 102 cm³/mol. The first-order valence-corrected chi connectivity index (χ1v) is 11.9. The topological polar surface area (TPSA) is 66.8 Å². The molecule has 0 bridgehead atoms. The van der Waals surface area contributed by atoms with Crippen molar-refractivity contribution in [1.29, 1.82) is 0 Å². The molecule has 4 nitrogen and oxygen atoms in total. The number of fused-ring (bicyclic) bond motifs is 12. The third-order valence-electron chi connectivity index (χ3n) is 11.8. The molecule has 9 unspecified atom stereocenters. The smallest absolute Gasteiger partial charge is 0.306 e. The second kappa shape index (κ2) is 4.66. The summed E-state index contributed by atoms with van der Waals surface area (Å²) in [5.74, 6) is 4.33. The minimum absolute atomic E-state index is 0.0326. The molecule has 0 amide bonds. The molecule has 28 heavy (non-hydrogen) atoms. The fourth-order valence-electron chi connectivity index (χ4n) is 10.5. The second-order valence-electron chi connectivity index (χ2n) is 12.3. The molecule has 6 saturated carbocycles. The number of rotatable bonds is 0. The first-order chi connectivity index (χ1) is 13.3. The summed E-state index contributed by atoms with van der Waals surface area (Å²) in [5.41, 5.74) is -0.751. The fraction of sp³-hybridized carbons (Fsp3) is 0.958. The Morgan fingerprint density at radius 1 is 0.964 bits per heavy atom. The van der Waals surface area contributed by atoms with Crippen LogP contribution in [0.4, 0.5) is 0 Å². The van der Waals surface area contributed by atoms with Crippen molar-refractivity contribution < 1.29 is 19.7 Å². The molecule has 2 N–H and O–H groups in total. The van der Waals surface area contributed by atoms with Gasteiger partial charge in [-0.2, -0.15) is 0 Å². The highest BCUT2D eigenvalue weighted by Crippen LogP contribution is 2.83. The summed E-state index contributed by atoms with van der Waals surface area (Å²) in [4.78, 5) is 12.2. The Labute approximate surface area is 167 Å². The van der Waals surface area contributed by atoms with Crippen molar-refractivity contribution in [2.45, 2.75) is 88.9 Å². The molecule has 154 valence electrons. The molecule has 1 saturated heterocycles. The Morgan fingerprint density at radius 2 is 1.71 bits per heavy atom. The largest absolute Gasteiger partial charge is 0.458 e. The van der Waals surface area contributed by atoms with Crippen LogP contribution in [0.2, 0.25) is 0 Å². The van der Waals surface area contributed by atoms with Crippen LogP contribution in [0.5, 0.6) is 0 Å². The highest BCUT2D eigenvalue weighted by atomic mass is 16.6. The van der Waals surface area contributed by atoms with E-state index in [0.717, 1.165) is 44.4 Å². The molecule has 0 aromatic heterocycles. The molecule has 1 spiro atoms. The van der Waals surface area contributed by atoms with E-state index in [1.165, 1.54) is 6.42 Å². The van der Waals surface area contributed by atoms with E-state index in [0.29, 0.717) is 48.3 Å². The van der Waals surface area contributed by atoms with Crippen LogP contribution < -0.4 is 0 Å². The molecule has 0 aromatic rings. The summed E-state index contributed by atoms with van der Waals surface area (Å²) in [6.45, 7) is 4.82. The van der Waals surface area contributed by atoms with Gasteiger partial charge in [-0.15, -0.1) is 0 Å². The SMILES string of the molecule is CC12CCC(O)CC1(O)[C@@H]1C[C@@H]1C1C2CCC2(C)C1C1C[C@@H]1C21CCC(=O)O1. The van der Waals surface area contributed by atoms with Crippen LogP contribution in [0.1, 0.15) is 71.6 Å². The molecule has 6 aliphatic carbocycles. The lowest BCUT2D eigenvalue weighted by molar-refractivity contribution is -0.237. The molecule has 4 heteroatoms. The average molecular weight is 387 g/mol. The van der Waals surface area contributed by atoms with Gasteiger partial charge in [-0.1, -0.05) is 13.8 Å². The van der Waals surface area contributed by atoms with Gasteiger partial charge in [-0.25, -0.2) is 0 Å². The van der Waals surface area contributed by atoms with E-state index >= 15 is 0 Å². The zero-order valence-corrected chi connectivity index (χ0v) is 17.2. The van der Waals surface area contributed by atoms with Crippen LogP contribution in [0, 0.1) is 52.3 Å². The van der Waals surface area contributed by atoms with Crippen LogP contribution in [0.25, 0.3) is 0 Å². The zero-order valence-electron chi connectivity index (χ0n) is 17.2. The number of hydrogen-bond donors (Lipinski definition) is 2. The third-order valence-corrected chi connectivity index (χ3v) is 11.8. The minimum atomic E-state index is -0.663. The maximum absolute atomic E-state index is 12.2. The van der Waals surface area contributed by atoms with Gasteiger partial charge < -0.3 is 14.9 Å². The number of carbonyl (C=O) groups excluding carboxylic acids is 1. The summed E-state index contributed by atoms with van der Waals surface area (Å²) in [6.07, 6.45) is 8.33. The number of hydrogen-bond acceptors (Lipinski definition) is 4. The van der Waals surface area contributed by atoms with Crippen LogP contribution >= 0.6 is 0 Å². The Morgan fingerprint density at radius 3 is 2.46 bits per heavy atom. The maximum atomic E-state index is 12.2. The number of aliphatic hydroxyl groups is 2. The molecule has 12 atom stereocenters. The van der Waals surface area contributed by atoms with E-state index in [9.17, 15) is 15.0 Å². The first kappa shape index (κ1) is 17.1. The lowest BCUT2D eigenvalue weighted by Gasteiger charge is -2.64. The lowest BCUT2D eigenvalue weighted by Crippen LogP contribution is -2.65. The standard InChI is InChI=1S/C24H34O4/c1-21-6-3-12(25)11-23(21,27)16-9-13(16)19-15(21)4-7-22(2)20(19)14-10-17(14)24(22)8-5-18(26)28-24/h12-17,19-20,25,27H,3-11H2,1-2H3/t12?,13-,14?,15?,16+,17-,19?,20?,21?,22?,23?,24?/m0/s1. The molecule has 0 aromatic carbocycles. The van der Waals surface area contributed by atoms with E-state index in [1.807, 2.05) is 0 Å². The Bertz CT molecular complexity index is 781. The number of aliphatic hydroxyl groups excluding tert-OH is 1. The van der Waals surface area contributed by atoms with Crippen molar-refractivity contribution in [3.8, 4) is 0 Å². The van der Waals surface area contributed by atoms with Gasteiger partial charge in [0, 0.05) is 24.2 Å². The van der Waals surface area contributed by atoms with Gasteiger partial charge in [0.25, 0.3) is 0 Å². The van der Waals surface area contributed by atoms with Gasteiger partial charge in [0.05, 0.1) is 11.7 Å². The van der Waals surface area contributed by atoms with Crippen LogP contribution in [0.15, 0.2) is 0 Å². The number of esters is 1. The molecule has 7 aliphatic rings. The quantitative estimate of drug-likeness (QED) is 0.627. The van der Waals surface area contributed by atoms with Crippen LogP contribution in [-0.2, 0) is 9.53 Å². The summed E-state index contributed by atoms with van der Waals surface area (Å²) in [6, 6.07) is 0. The van der Waals surface area contributed by atoms with Gasteiger partial charge in [0.1, 0.15) is 5.60 Å². The molecule has 0 radical (unpaired) electrons. The summed E-state index contributed by atoms with van der Waals surface area (Å²) >= 11 is 0. The molecule has 1 aliphatic heterocycles. The maximum Gasteiger partial charge on any atom is 0.306 e. The summed E-state index contributed by atoms with van der Waals surface area (Å²) in [5, 5.41) is 22.2. The van der Waals surface area contributed by atoms with Crippen LogP contribution in [-0.4, -0.2) is 33.5 Å². The monoisotopic (exact) mass is 386 g/mol. The number of carbonyl (C=O) groups is 1. The van der Waals surface area contributed by atoms with Crippen molar-refractivity contribution in [3.05, 3.63) is 0 Å². The van der Waals surface area contributed by atoms with Gasteiger partial charge in [-0.3, -0.25) is 4.79 Å². The zero-order chi connectivity index (χ0) is 19.3. The molecule has 7 rings (SSSR count). The lowest BCUT2D eigenvalue weighted by atomic mass is 9.42. The van der Waals surface area contributed by atoms with Gasteiger partial charge in [-0.05, 0) is 85.9 Å². The number of ether oxygens (including phenoxy) is 1. The van der Waals surface area contributed by atoms with Crippen LogP contribution in [0.3, 0.4) is 0 Å². The average Bonchev–Trinajstić information content (AvgIpc) is 3.54. The first-order valence-electron chi connectivity index (χ1n) is 11.9. The Balaban J connectivity index is 1.32. The third kappa shape index (κ3) is 1.59. The predicted octanol–water partition coefficient (Wildman–Crippen LogP) is 3.29. The van der Waals surface area contributed by atoms with Crippen molar-refractivity contribution >= 4 is 5.97 Å². The Kier molecular flexibility index (Phi) is 2.85. The molecular weight excluding hydrogens is 352 g/mol. The van der Waals surface area contributed by atoms with E-state index < -0.39 is 5.60 Å². The molecule has 1 heterocycles. The Hall–Kier alpha value is -0.610. The van der Waals surface area contributed by atoms with Crippen molar-refractivity contribution in [2.24, 2.45) is 52.3 Å². The van der Waals surface area contributed by atoms with E-state index in [-0.39, 0.29) is 28.5 Å². The van der Waals surface area contributed by atoms with Crippen molar-refractivity contribution in [3.63, 3.8) is 0 Å². The van der Waals surface area contributed by atoms with Gasteiger partial charge in [0.15, 0.2) is 0 Å². The van der Waals surface area contributed by atoms with Gasteiger partial charge >= 0.3 is 5.97 Å². The van der Waals surface area contributed by atoms with Crippen molar-refractivity contribution in [2.75, 3.05) is 0 Å². The van der Waals surface area contributed by atoms with E-state index in [2.05, 4.69) is 13.8 Å². The minimum Gasteiger partial charge on any atom is -0.458 e. The second-order valence-corrected chi connectivity index (χ2v) is 12.3. The van der Waals surface area contributed by atoms with E-state index in [4.69, 9.17) is 4.74 Å². The summed E-state index contributed by atoms with van der Waals surface area (Å²) < 4.78 is 6.21. The molecule has 7 fully saturated rings. The fourth-order valence-corrected chi connectivity index (χ4v) is 10.5. The summed E-state index contributed by atoms with van der Waals surface area (Å²) in [7, 11) is 0.